The summed E-state index contributed by atoms with van der Waals surface area (Å²) >= 11 is 0. The molecule has 5 heteroatoms. The molecule has 3 heterocycles. The molecular formula is C15H23ClN2O2. The van der Waals surface area contributed by atoms with Crippen LogP contribution in [0.25, 0.3) is 0 Å². The van der Waals surface area contributed by atoms with Gasteiger partial charge in [0.1, 0.15) is 11.5 Å². The van der Waals surface area contributed by atoms with Crippen molar-refractivity contribution in [2.24, 2.45) is 5.41 Å². The zero-order chi connectivity index (χ0) is 13.5. The Morgan fingerprint density at radius 2 is 2.00 bits per heavy atom. The van der Waals surface area contributed by atoms with Crippen LogP contribution in [0.3, 0.4) is 0 Å². The zero-order valence-corrected chi connectivity index (χ0v) is 13.0. The van der Waals surface area contributed by atoms with Gasteiger partial charge in [0.05, 0.1) is 5.56 Å². The Morgan fingerprint density at radius 1 is 1.30 bits per heavy atom. The number of piperidine rings is 1. The van der Waals surface area contributed by atoms with Gasteiger partial charge in [0.2, 0.25) is 0 Å². The van der Waals surface area contributed by atoms with Gasteiger partial charge in [0.15, 0.2) is 0 Å². The molecule has 1 amide bonds. The molecule has 3 rings (SSSR count). The molecule has 1 N–H and O–H groups in total. The lowest BCUT2D eigenvalue weighted by Crippen LogP contribution is -2.39. The van der Waals surface area contributed by atoms with E-state index in [0.29, 0.717) is 5.41 Å². The van der Waals surface area contributed by atoms with Crippen LogP contribution < -0.4 is 5.32 Å². The number of carbonyl (C=O) groups is 1. The average Bonchev–Trinajstić information content (AvgIpc) is 2.94. The number of nitrogens with one attached hydrogen (secondary N) is 1. The van der Waals surface area contributed by atoms with Crippen LogP contribution in [0.2, 0.25) is 0 Å². The molecule has 1 spiro atoms. The summed E-state index contributed by atoms with van der Waals surface area (Å²) in [7, 11) is 0. The van der Waals surface area contributed by atoms with Crippen molar-refractivity contribution >= 4 is 18.3 Å². The van der Waals surface area contributed by atoms with Crippen LogP contribution in [0.1, 0.15) is 41.1 Å². The lowest BCUT2D eigenvalue weighted by atomic mass is 9.78. The van der Waals surface area contributed by atoms with Gasteiger partial charge in [-0.15, -0.1) is 12.4 Å². The summed E-state index contributed by atoms with van der Waals surface area (Å²) < 4.78 is 5.47. The maximum absolute atomic E-state index is 12.6. The van der Waals surface area contributed by atoms with Gasteiger partial charge in [-0.25, -0.2) is 0 Å². The molecule has 2 aliphatic rings. The molecule has 0 bridgehead atoms. The van der Waals surface area contributed by atoms with Crippen LogP contribution in [-0.4, -0.2) is 37.0 Å². The number of carbonyl (C=O) groups excluding carboxylic acids is 1. The summed E-state index contributed by atoms with van der Waals surface area (Å²) in [5, 5.41) is 3.41. The van der Waals surface area contributed by atoms with E-state index in [2.05, 4.69) is 5.32 Å². The Bertz CT molecular complexity index is 492. The van der Waals surface area contributed by atoms with Crippen LogP contribution in [-0.2, 0) is 0 Å². The molecule has 1 aromatic heterocycles. The Kier molecular flexibility index (Phi) is 4.45. The van der Waals surface area contributed by atoms with Gasteiger partial charge in [-0.1, -0.05) is 0 Å². The molecule has 0 saturated carbocycles. The molecule has 0 atom stereocenters. The Labute approximate surface area is 126 Å². The number of hydrogen-bond acceptors (Lipinski definition) is 3. The second-order valence-corrected chi connectivity index (χ2v) is 6.05. The maximum atomic E-state index is 12.6. The minimum atomic E-state index is 0. The van der Waals surface area contributed by atoms with Gasteiger partial charge in [-0.2, -0.15) is 0 Å². The molecule has 2 saturated heterocycles. The van der Waals surface area contributed by atoms with Gasteiger partial charge in [-0.3, -0.25) is 4.79 Å². The number of halogens is 1. The fraction of sp³-hybridized carbons (Fsp3) is 0.667. The van der Waals surface area contributed by atoms with Crippen molar-refractivity contribution in [3.05, 3.63) is 23.2 Å². The van der Waals surface area contributed by atoms with Crippen molar-refractivity contribution in [1.82, 2.24) is 10.2 Å². The highest BCUT2D eigenvalue weighted by atomic mass is 35.5. The van der Waals surface area contributed by atoms with Gasteiger partial charge in [0.25, 0.3) is 5.91 Å². The lowest BCUT2D eigenvalue weighted by Gasteiger charge is -2.33. The summed E-state index contributed by atoms with van der Waals surface area (Å²) in [6, 6.07) is 1.87. The monoisotopic (exact) mass is 298 g/mol. The van der Waals surface area contributed by atoms with Crippen molar-refractivity contribution < 1.29 is 9.21 Å². The number of nitrogens with zero attached hydrogens (tertiary/aromatic N) is 1. The van der Waals surface area contributed by atoms with E-state index in [4.69, 9.17) is 4.42 Å². The lowest BCUT2D eigenvalue weighted by molar-refractivity contribution is 0.0760. The first-order valence-corrected chi connectivity index (χ1v) is 7.17. The molecule has 0 radical (unpaired) electrons. The predicted octanol–water partition coefficient (Wildman–Crippen LogP) is 2.53. The largest absolute Gasteiger partial charge is 0.466 e. The van der Waals surface area contributed by atoms with Crippen molar-refractivity contribution in [3.8, 4) is 0 Å². The first-order chi connectivity index (χ1) is 9.10. The third-order valence-electron chi connectivity index (χ3n) is 4.66. The van der Waals surface area contributed by atoms with Crippen LogP contribution in [0, 0.1) is 19.3 Å². The zero-order valence-electron chi connectivity index (χ0n) is 12.2. The second-order valence-electron chi connectivity index (χ2n) is 6.05. The Hall–Kier alpha value is -1.000. The number of hydrogen-bond donors (Lipinski definition) is 1. The molecule has 20 heavy (non-hydrogen) atoms. The highest BCUT2D eigenvalue weighted by Crippen LogP contribution is 2.39. The SMILES string of the molecule is Cc1cc(C(=O)N2CCC3(CCNCC3)C2)c(C)o1.Cl. The van der Waals surface area contributed by atoms with Crippen LogP contribution in [0.4, 0.5) is 0 Å². The van der Waals surface area contributed by atoms with E-state index < -0.39 is 0 Å². The topological polar surface area (TPSA) is 45.5 Å². The summed E-state index contributed by atoms with van der Waals surface area (Å²) in [5.74, 6) is 1.70. The number of amides is 1. The Morgan fingerprint density at radius 3 is 2.60 bits per heavy atom. The fourth-order valence-electron chi connectivity index (χ4n) is 3.49. The molecular weight excluding hydrogens is 276 g/mol. The average molecular weight is 299 g/mol. The van der Waals surface area contributed by atoms with Gasteiger partial charge in [0, 0.05) is 13.1 Å². The summed E-state index contributed by atoms with van der Waals surface area (Å²) in [4.78, 5) is 14.6. The third kappa shape index (κ3) is 2.72. The number of likely N-dealkylation sites (tertiary alicyclic amines) is 1. The van der Waals surface area contributed by atoms with Crippen molar-refractivity contribution in [3.63, 3.8) is 0 Å². The predicted molar refractivity (Wildman–Crippen MR) is 80.5 cm³/mol. The van der Waals surface area contributed by atoms with E-state index in [0.717, 1.165) is 49.7 Å². The fourth-order valence-corrected chi connectivity index (χ4v) is 3.49. The van der Waals surface area contributed by atoms with Crippen molar-refractivity contribution in [2.45, 2.75) is 33.1 Å². The smallest absolute Gasteiger partial charge is 0.257 e. The molecule has 0 aromatic carbocycles. The standard InChI is InChI=1S/C15H22N2O2.ClH/c1-11-9-13(12(2)19-11)14(18)17-8-5-15(10-17)3-6-16-7-4-15;/h9,16H,3-8,10H2,1-2H3;1H. The number of rotatable bonds is 1. The summed E-state index contributed by atoms with van der Waals surface area (Å²) in [5.41, 5.74) is 1.11. The molecule has 2 fully saturated rings. The molecule has 0 aliphatic carbocycles. The van der Waals surface area contributed by atoms with Crippen molar-refractivity contribution in [2.75, 3.05) is 26.2 Å². The Balaban J connectivity index is 0.00000147. The number of aryl methyl sites for hydroxylation is 2. The van der Waals surface area contributed by atoms with Crippen LogP contribution >= 0.6 is 12.4 Å². The van der Waals surface area contributed by atoms with Gasteiger partial charge >= 0.3 is 0 Å². The minimum absolute atomic E-state index is 0. The van der Waals surface area contributed by atoms with E-state index in [1.54, 1.807) is 0 Å². The van der Waals surface area contributed by atoms with E-state index >= 15 is 0 Å². The quantitative estimate of drug-likeness (QED) is 0.866. The maximum Gasteiger partial charge on any atom is 0.257 e. The van der Waals surface area contributed by atoms with Crippen molar-refractivity contribution in [1.29, 1.82) is 0 Å². The minimum Gasteiger partial charge on any atom is -0.466 e. The highest BCUT2D eigenvalue weighted by Gasteiger charge is 2.41. The van der Waals surface area contributed by atoms with Gasteiger partial charge in [-0.05, 0) is 57.7 Å². The summed E-state index contributed by atoms with van der Waals surface area (Å²) in [6.07, 6.45) is 3.54. The van der Waals surface area contributed by atoms with E-state index in [1.165, 1.54) is 12.8 Å². The summed E-state index contributed by atoms with van der Waals surface area (Å²) in [6.45, 7) is 7.75. The first-order valence-electron chi connectivity index (χ1n) is 7.17. The van der Waals surface area contributed by atoms with E-state index in [-0.39, 0.29) is 18.3 Å². The van der Waals surface area contributed by atoms with Crippen LogP contribution in [0.5, 0.6) is 0 Å². The molecule has 2 aliphatic heterocycles. The normalized spacial score (nSPS) is 21.0. The number of furan rings is 1. The molecule has 1 aromatic rings. The van der Waals surface area contributed by atoms with E-state index in [9.17, 15) is 4.79 Å². The second kappa shape index (κ2) is 5.78. The van der Waals surface area contributed by atoms with E-state index in [1.807, 2.05) is 24.8 Å². The highest BCUT2D eigenvalue weighted by molar-refractivity contribution is 5.95. The third-order valence-corrected chi connectivity index (χ3v) is 4.66. The first kappa shape index (κ1) is 15.4. The molecule has 4 nitrogen and oxygen atoms in total. The molecule has 0 unspecified atom stereocenters. The molecule has 112 valence electrons. The van der Waals surface area contributed by atoms with Gasteiger partial charge < -0.3 is 14.6 Å². The van der Waals surface area contributed by atoms with Crippen LogP contribution in [0.15, 0.2) is 10.5 Å².